The van der Waals surface area contributed by atoms with Crippen LogP contribution < -0.4 is 14.8 Å². The third kappa shape index (κ3) is 7.22. The average molecular weight is 858 g/mol. The Morgan fingerprint density at radius 2 is 0.864 bits per heavy atom. The Hall–Kier alpha value is -9.35. The first-order chi connectivity index (χ1) is 32.6. The number of rotatable bonds is 11. The minimum atomic E-state index is -0.415. The molecule has 0 fully saturated rings. The molecule has 2 aromatic heterocycles. The van der Waals surface area contributed by atoms with Gasteiger partial charge < -0.3 is 0 Å². The summed E-state index contributed by atoms with van der Waals surface area (Å²) in [5.74, 6) is 2.49. The van der Waals surface area contributed by atoms with Gasteiger partial charge in [0.15, 0.2) is 11.4 Å². The minimum Gasteiger partial charge on any atom is -0.277 e. The van der Waals surface area contributed by atoms with Crippen molar-refractivity contribution in [2.75, 3.05) is 5.43 Å². The summed E-state index contributed by atoms with van der Waals surface area (Å²) >= 11 is 0. The molecule has 0 amide bonds. The lowest BCUT2D eigenvalue weighted by molar-refractivity contribution is -0.646. The predicted molar refractivity (Wildman–Crippen MR) is 258 cm³/mol. The first kappa shape index (κ1) is 39.5. The number of nitro benzene ring substituents is 1. The van der Waals surface area contributed by atoms with Crippen LogP contribution in [0.15, 0.2) is 236 Å². The van der Waals surface area contributed by atoms with Crippen molar-refractivity contribution in [3.05, 3.63) is 252 Å². The van der Waals surface area contributed by atoms with E-state index >= 15 is 0 Å². The number of para-hydroxylation sites is 2. The first-order valence-corrected chi connectivity index (χ1v) is 21.5. The van der Waals surface area contributed by atoms with Gasteiger partial charge >= 0.3 is 11.6 Å². The predicted octanol–water partition coefficient (Wildman–Crippen LogP) is 11.0. The van der Waals surface area contributed by atoms with Crippen molar-refractivity contribution in [3.63, 3.8) is 0 Å². The number of nitrogens with one attached hydrogen (secondary N) is 1. The molecule has 0 saturated carbocycles. The van der Waals surface area contributed by atoms with Gasteiger partial charge in [-0.05, 0) is 93.8 Å². The van der Waals surface area contributed by atoms with E-state index in [1.807, 2.05) is 131 Å². The molecule has 11 nitrogen and oxygen atoms in total. The lowest BCUT2D eigenvalue weighted by Gasteiger charge is -2.10. The SMILES string of the molecule is O=[N+]([O-])c1ccc(NN=C(c2n[n+](-c3ccccc3)c(-c3ccccc3)n2-c2cccc3ccccc23)c2n[n+](-c3ccccc3)c(-c3ccccc3)n2-c2cccc3ccccc23)cc1. The highest BCUT2D eigenvalue weighted by Crippen LogP contribution is 2.33. The van der Waals surface area contributed by atoms with Crippen LogP contribution in [-0.4, -0.2) is 30.0 Å². The minimum absolute atomic E-state index is 0.0319. The second-order valence-electron chi connectivity index (χ2n) is 15.6. The third-order valence-corrected chi connectivity index (χ3v) is 11.5. The molecule has 11 rings (SSSR count). The van der Waals surface area contributed by atoms with Crippen LogP contribution >= 0.6 is 0 Å². The van der Waals surface area contributed by atoms with Gasteiger partial charge in [0.25, 0.3) is 17.3 Å². The molecule has 0 saturated heterocycles. The summed E-state index contributed by atoms with van der Waals surface area (Å²) in [6, 6.07) is 76.0. The van der Waals surface area contributed by atoms with E-state index in [9.17, 15) is 10.1 Å². The number of anilines is 1. The van der Waals surface area contributed by atoms with E-state index in [1.165, 1.54) is 12.1 Å². The smallest absolute Gasteiger partial charge is 0.277 e. The van der Waals surface area contributed by atoms with E-state index in [0.717, 1.165) is 67.1 Å². The number of hydrazone groups is 1. The molecule has 66 heavy (non-hydrogen) atoms. The van der Waals surface area contributed by atoms with E-state index in [0.29, 0.717) is 23.0 Å². The molecule has 2 heterocycles. The molecule has 11 aromatic rings. The molecule has 1 N–H and O–H groups in total. The van der Waals surface area contributed by atoms with Gasteiger partial charge in [-0.3, -0.25) is 15.5 Å². The molecule has 0 aliphatic heterocycles. The standard InChI is InChI=1S/C55H39N9O2/c65-64(66)46-37-35-43(36-38-46)56-57-51(52-58-62(44-27-9-3-10-28-44)54(41-21-5-1-6-22-41)60(52)49-33-17-25-39-19-13-15-31-47(39)49)53-59-63(45-29-11-4-12-30-45)55(42-23-7-2-8-24-42)61(53)50-34-18-26-40-20-14-16-32-48(40)50/h1-38,56H/q+2. The van der Waals surface area contributed by atoms with E-state index < -0.39 is 4.92 Å². The fourth-order valence-corrected chi connectivity index (χ4v) is 8.49. The molecule has 11 heteroatoms. The molecule has 9 aromatic carbocycles. The fraction of sp³-hybridized carbons (Fsp3) is 0. The number of fused-ring (bicyclic) bond motifs is 2. The molecular weight excluding hydrogens is 819 g/mol. The summed E-state index contributed by atoms with van der Waals surface area (Å²) in [6.07, 6.45) is 0. The molecule has 314 valence electrons. The summed E-state index contributed by atoms with van der Waals surface area (Å²) in [4.78, 5) is 11.3. The lowest BCUT2D eigenvalue weighted by atomic mass is 10.1. The lowest BCUT2D eigenvalue weighted by Crippen LogP contribution is -2.36. The van der Waals surface area contributed by atoms with Gasteiger partial charge in [0.2, 0.25) is 5.71 Å². The molecule has 0 spiro atoms. The van der Waals surface area contributed by atoms with Crippen molar-refractivity contribution in [1.82, 2.24) is 19.3 Å². The summed E-state index contributed by atoms with van der Waals surface area (Å²) in [7, 11) is 0. The number of nitro groups is 1. The van der Waals surface area contributed by atoms with Crippen LogP contribution in [0.25, 0.3) is 67.1 Å². The Morgan fingerprint density at radius 3 is 1.30 bits per heavy atom. The molecular formula is C55H39N9O2+2. The highest BCUT2D eigenvalue weighted by atomic mass is 16.6. The van der Waals surface area contributed by atoms with Gasteiger partial charge in [-0.15, -0.1) is 0 Å². The van der Waals surface area contributed by atoms with Crippen LogP contribution in [0.4, 0.5) is 11.4 Å². The Bertz CT molecular complexity index is 3360. The van der Waals surface area contributed by atoms with Crippen LogP contribution in [0.5, 0.6) is 0 Å². The first-order valence-electron chi connectivity index (χ1n) is 21.5. The number of aromatic nitrogens is 6. The second-order valence-corrected chi connectivity index (χ2v) is 15.6. The third-order valence-electron chi connectivity index (χ3n) is 11.5. The van der Waals surface area contributed by atoms with Crippen LogP contribution in [0.1, 0.15) is 11.6 Å². The van der Waals surface area contributed by atoms with Crippen LogP contribution in [0, 0.1) is 10.1 Å². The molecule has 0 aliphatic carbocycles. The summed E-state index contributed by atoms with van der Waals surface area (Å²) in [5, 5.41) is 32.4. The topological polar surface area (TPSA) is 111 Å². The summed E-state index contributed by atoms with van der Waals surface area (Å²) in [5.41, 5.74) is 9.41. The monoisotopic (exact) mass is 857 g/mol. The maximum Gasteiger partial charge on any atom is 0.322 e. The van der Waals surface area contributed by atoms with Crippen molar-refractivity contribution >= 4 is 38.6 Å². The van der Waals surface area contributed by atoms with Gasteiger partial charge in [-0.1, -0.05) is 155 Å². The van der Waals surface area contributed by atoms with E-state index in [2.05, 4.69) is 99.5 Å². The molecule has 0 bridgehead atoms. The maximum atomic E-state index is 11.7. The van der Waals surface area contributed by atoms with Gasteiger partial charge in [-0.2, -0.15) is 14.2 Å². The van der Waals surface area contributed by atoms with Crippen molar-refractivity contribution < 1.29 is 14.3 Å². The Labute approximate surface area is 379 Å². The zero-order valence-corrected chi connectivity index (χ0v) is 35.3. The number of hydrogen-bond donors (Lipinski definition) is 1. The van der Waals surface area contributed by atoms with Crippen LogP contribution in [0.3, 0.4) is 0 Å². The largest absolute Gasteiger partial charge is 0.322 e. The van der Waals surface area contributed by atoms with Gasteiger partial charge in [-0.25, -0.2) is 0 Å². The van der Waals surface area contributed by atoms with Crippen LogP contribution in [-0.2, 0) is 0 Å². The van der Waals surface area contributed by atoms with Gasteiger partial charge in [0.1, 0.15) is 11.4 Å². The Morgan fingerprint density at radius 1 is 0.470 bits per heavy atom. The maximum absolute atomic E-state index is 11.7. The zero-order valence-electron chi connectivity index (χ0n) is 35.3. The molecule has 0 radical (unpaired) electrons. The number of hydrogen-bond acceptors (Lipinski definition) is 6. The quantitative estimate of drug-likeness (QED) is 0.0603. The van der Waals surface area contributed by atoms with Gasteiger partial charge in [0.05, 0.1) is 21.7 Å². The highest BCUT2D eigenvalue weighted by Gasteiger charge is 2.41. The summed E-state index contributed by atoms with van der Waals surface area (Å²) in [6.45, 7) is 0. The van der Waals surface area contributed by atoms with E-state index in [-0.39, 0.29) is 5.69 Å². The molecule has 0 atom stereocenters. The molecule has 0 aliphatic rings. The van der Waals surface area contributed by atoms with Crippen molar-refractivity contribution in [1.29, 1.82) is 0 Å². The average Bonchev–Trinajstić information content (AvgIpc) is 3.98. The Kier molecular flexibility index (Phi) is 10.2. The van der Waals surface area contributed by atoms with Crippen molar-refractivity contribution in [2.24, 2.45) is 5.10 Å². The number of nitrogens with zero attached hydrogens (tertiary/aromatic N) is 8. The molecule has 0 unspecified atom stereocenters. The van der Waals surface area contributed by atoms with Gasteiger partial charge in [0, 0.05) is 22.9 Å². The highest BCUT2D eigenvalue weighted by molar-refractivity contribution is 6.11. The normalized spacial score (nSPS) is 11.2. The van der Waals surface area contributed by atoms with Crippen molar-refractivity contribution in [3.8, 4) is 45.5 Å². The fourth-order valence-electron chi connectivity index (χ4n) is 8.49. The Balaban J connectivity index is 1.32. The van der Waals surface area contributed by atoms with E-state index in [4.69, 9.17) is 15.3 Å². The summed E-state index contributed by atoms with van der Waals surface area (Å²) < 4.78 is 8.25. The van der Waals surface area contributed by atoms with Crippen LogP contribution in [0.2, 0.25) is 0 Å². The second kappa shape index (κ2) is 17.1. The van der Waals surface area contributed by atoms with Crippen molar-refractivity contribution in [2.45, 2.75) is 0 Å². The zero-order chi connectivity index (χ0) is 44.4. The number of benzene rings is 9. The number of non-ortho nitro benzene ring substituents is 1. The van der Waals surface area contributed by atoms with E-state index in [1.54, 1.807) is 12.1 Å².